The van der Waals surface area contributed by atoms with Crippen LogP contribution in [0.4, 0.5) is 0 Å². The molecule has 10 heavy (non-hydrogen) atoms. The van der Waals surface area contributed by atoms with Crippen molar-refractivity contribution in [2.24, 2.45) is 0 Å². The van der Waals surface area contributed by atoms with Gasteiger partial charge in [0.2, 0.25) is 0 Å². The average molecular weight is 196 g/mol. The van der Waals surface area contributed by atoms with Crippen molar-refractivity contribution in [1.82, 2.24) is 0 Å². The molecule has 0 aromatic carbocycles. The first kappa shape index (κ1) is 16.6. The molecule has 0 saturated heterocycles. The minimum Gasteiger partial charge on any atom is -0.468 e. The largest absolute Gasteiger partial charge is 2.00 e. The zero-order valence-corrected chi connectivity index (χ0v) is 9.82. The molecular weight excluding hydrogens is 181 g/mol. The molecule has 0 radical (unpaired) electrons. The molecule has 3 heteroatoms. The fraction of sp³-hybridized carbons (Fsp3) is 0.571. The van der Waals surface area contributed by atoms with E-state index in [4.69, 9.17) is 0 Å². The Morgan fingerprint density at radius 1 is 1.50 bits per heavy atom. The Kier molecular flexibility index (Phi) is 26.6. The normalized spacial score (nSPS) is 6.40. The number of carbonyl (C=O) groups is 1. The number of hydrogen-bond acceptors (Lipinski definition) is 2. The van der Waals surface area contributed by atoms with E-state index in [2.05, 4.69) is 18.6 Å². The van der Waals surface area contributed by atoms with Crippen LogP contribution < -0.4 is 0 Å². The van der Waals surface area contributed by atoms with E-state index in [1.165, 1.54) is 0 Å². The molecule has 0 saturated carbocycles. The van der Waals surface area contributed by atoms with Gasteiger partial charge in [-0.2, -0.15) is 6.92 Å². The van der Waals surface area contributed by atoms with Crippen molar-refractivity contribution < 1.29 is 29.0 Å². The molecule has 56 valence electrons. The molecule has 0 fully saturated rings. The molecule has 0 spiro atoms. The van der Waals surface area contributed by atoms with E-state index >= 15 is 0 Å². The fourth-order valence-electron chi connectivity index (χ4n) is 0.233. The van der Waals surface area contributed by atoms with Gasteiger partial charge in [0, 0.05) is 0 Å². The minimum atomic E-state index is -0.234. The Morgan fingerprint density at radius 3 is 2.00 bits per heavy atom. The number of rotatable bonds is 2. The molecule has 0 heterocycles. The van der Waals surface area contributed by atoms with Gasteiger partial charge in [0.15, 0.2) is 0 Å². The first-order valence-corrected chi connectivity index (χ1v) is 2.96. The van der Waals surface area contributed by atoms with E-state index in [1.807, 2.05) is 0 Å². The molecule has 0 aromatic heterocycles. The Morgan fingerprint density at radius 2 is 1.90 bits per heavy atom. The van der Waals surface area contributed by atoms with Crippen LogP contribution in [0.2, 0.25) is 0 Å². The standard InChI is InChI=1S/C5H9O2.C2H5.Zn/c1-3-5(6)7-4-2;1-2;/h1,3-4H2,2H3;1H2,2H3;/q2*-1;+2. The van der Waals surface area contributed by atoms with Gasteiger partial charge in [-0.05, 0) is 6.92 Å². The maximum atomic E-state index is 10.1. The zero-order chi connectivity index (χ0) is 7.70. The summed E-state index contributed by atoms with van der Waals surface area (Å²) in [6.07, 6.45) is 0.230. The van der Waals surface area contributed by atoms with Crippen LogP contribution in [0.5, 0.6) is 0 Å². The predicted molar refractivity (Wildman–Crippen MR) is 37.6 cm³/mol. The summed E-state index contributed by atoms with van der Waals surface area (Å²) in [6.45, 7) is 10.6. The smallest absolute Gasteiger partial charge is 0.468 e. The second-order valence-corrected chi connectivity index (χ2v) is 1.06. The van der Waals surface area contributed by atoms with Crippen molar-refractivity contribution in [3.63, 3.8) is 0 Å². The second kappa shape index (κ2) is 16.0. The summed E-state index contributed by atoms with van der Waals surface area (Å²) in [5, 5.41) is 0. The monoisotopic (exact) mass is 194 g/mol. The van der Waals surface area contributed by atoms with Crippen molar-refractivity contribution in [2.75, 3.05) is 6.61 Å². The molecule has 2 nitrogen and oxygen atoms in total. The number of hydrogen-bond donors (Lipinski definition) is 0. The summed E-state index contributed by atoms with van der Waals surface area (Å²) < 4.78 is 4.49. The van der Waals surface area contributed by atoms with Crippen LogP contribution >= 0.6 is 0 Å². The molecule has 0 unspecified atom stereocenters. The Labute approximate surface area is 76.1 Å². The van der Waals surface area contributed by atoms with E-state index in [0.717, 1.165) is 0 Å². The first-order valence-electron chi connectivity index (χ1n) is 2.96. The van der Waals surface area contributed by atoms with E-state index in [0.29, 0.717) is 6.61 Å². The average Bonchev–Trinajstić information content (AvgIpc) is 1.93. The van der Waals surface area contributed by atoms with Crippen molar-refractivity contribution in [2.45, 2.75) is 20.3 Å². The van der Waals surface area contributed by atoms with Crippen LogP contribution in [-0.2, 0) is 29.0 Å². The number of carbonyl (C=O) groups excluding carboxylic acids is 1. The molecule has 0 aliphatic rings. The third-order valence-electron chi connectivity index (χ3n) is 0.509. The van der Waals surface area contributed by atoms with Gasteiger partial charge >= 0.3 is 19.5 Å². The summed E-state index contributed by atoms with van der Waals surface area (Å²) >= 11 is 0. The summed E-state index contributed by atoms with van der Waals surface area (Å²) in [4.78, 5) is 10.1. The molecule has 0 N–H and O–H groups in total. The van der Waals surface area contributed by atoms with Crippen molar-refractivity contribution >= 4 is 5.97 Å². The molecule has 0 amide bonds. The molecular formula is C7H14O2Zn. The minimum absolute atomic E-state index is 0. The molecule has 0 aliphatic heterocycles. The summed E-state index contributed by atoms with van der Waals surface area (Å²) in [7, 11) is 0. The maximum Gasteiger partial charge on any atom is 2.00 e. The third-order valence-corrected chi connectivity index (χ3v) is 0.509. The maximum absolute atomic E-state index is 10.1. The van der Waals surface area contributed by atoms with Gasteiger partial charge in [-0.3, -0.25) is 4.79 Å². The van der Waals surface area contributed by atoms with Crippen molar-refractivity contribution in [3.8, 4) is 0 Å². The SMILES string of the molecule is [CH2-]C.[CH2-]CC(=O)OCC.[Zn+2]. The molecule has 0 rings (SSSR count). The fourth-order valence-corrected chi connectivity index (χ4v) is 0.233. The van der Waals surface area contributed by atoms with E-state index < -0.39 is 0 Å². The Bertz CT molecular complexity index is 64.6. The van der Waals surface area contributed by atoms with Crippen LogP contribution in [0.15, 0.2) is 0 Å². The van der Waals surface area contributed by atoms with Gasteiger partial charge < -0.3 is 18.6 Å². The Balaban J connectivity index is -0.000000149. The topological polar surface area (TPSA) is 26.3 Å². The third kappa shape index (κ3) is 15.7. The molecule has 0 bridgehead atoms. The van der Waals surface area contributed by atoms with Crippen LogP contribution in [-0.4, -0.2) is 12.6 Å². The quantitative estimate of drug-likeness (QED) is 0.380. The molecule has 0 aromatic rings. The van der Waals surface area contributed by atoms with E-state index in [1.54, 1.807) is 13.8 Å². The van der Waals surface area contributed by atoms with Gasteiger partial charge in [0.1, 0.15) is 0 Å². The van der Waals surface area contributed by atoms with Gasteiger partial charge in [0.25, 0.3) is 5.97 Å². The van der Waals surface area contributed by atoms with E-state index in [-0.39, 0.29) is 31.9 Å². The summed E-state index contributed by atoms with van der Waals surface area (Å²) in [5.74, 6) is -0.234. The van der Waals surface area contributed by atoms with Crippen LogP contribution in [0.3, 0.4) is 0 Å². The van der Waals surface area contributed by atoms with E-state index in [9.17, 15) is 4.79 Å². The van der Waals surface area contributed by atoms with Crippen LogP contribution in [0.25, 0.3) is 0 Å². The summed E-state index contributed by atoms with van der Waals surface area (Å²) in [6, 6.07) is 0. The van der Waals surface area contributed by atoms with Gasteiger partial charge in [-0.1, -0.05) is 6.42 Å². The predicted octanol–water partition coefficient (Wildman–Crippen LogP) is 1.61. The summed E-state index contributed by atoms with van der Waals surface area (Å²) in [5.41, 5.74) is 0. The van der Waals surface area contributed by atoms with Gasteiger partial charge in [0.05, 0.1) is 6.61 Å². The van der Waals surface area contributed by atoms with Crippen molar-refractivity contribution in [1.29, 1.82) is 0 Å². The van der Waals surface area contributed by atoms with Gasteiger partial charge in [-0.25, -0.2) is 0 Å². The van der Waals surface area contributed by atoms with Crippen LogP contribution in [0.1, 0.15) is 20.3 Å². The van der Waals surface area contributed by atoms with Crippen molar-refractivity contribution in [3.05, 3.63) is 13.8 Å². The molecule has 0 atom stereocenters. The zero-order valence-electron chi connectivity index (χ0n) is 6.85. The first-order chi connectivity index (χ1) is 4.31. The van der Waals surface area contributed by atoms with Gasteiger partial charge in [-0.15, -0.1) is 0 Å². The van der Waals surface area contributed by atoms with Crippen LogP contribution in [0, 0.1) is 13.8 Å². The second-order valence-electron chi connectivity index (χ2n) is 1.06. The number of esters is 1. The molecule has 0 aliphatic carbocycles. The number of ether oxygens (including phenoxy) is 1. The Hall–Kier alpha value is 0.0934.